The summed E-state index contributed by atoms with van der Waals surface area (Å²) in [6.07, 6.45) is 2.22. The van der Waals surface area contributed by atoms with E-state index < -0.39 is 11.7 Å². The number of carbonyl (C=O) groups excluding carboxylic acids is 1. The second-order valence-electron chi connectivity index (χ2n) is 10.3. The zero-order chi connectivity index (χ0) is 27.7. The molecule has 3 aromatic rings. The molecule has 2 fully saturated rings. The number of aromatic nitrogens is 3. The molecule has 9 nitrogen and oxygen atoms in total. The van der Waals surface area contributed by atoms with Crippen molar-refractivity contribution in [2.24, 2.45) is 0 Å². The van der Waals surface area contributed by atoms with Gasteiger partial charge in [-0.15, -0.1) is 0 Å². The van der Waals surface area contributed by atoms with Crippen LogP contribution in [0.4, 0.5) is 10.2 Å². The molecule has 0 spiro atoms. The molecule has 2 aromatic heterocycles. The fraction of sp³-hybridized carbons (Fsp3) is 0.448. The number of rotatable bonds is 7. The molecule has 0 radical (unpaired) electrons. The Labute approximate surface area is 228 Å². The number of hydrogen-bond donors (Lipinski definition) is 0. The van der Waals surface area contributed by atoms with E-state index in [1.807, 2.05) is 44.2 Å². The molecule has 0 saturated carbocycles. The van der Waals surface area contributed by atoms with Crippen molar-refractivity contribution in [1.82, 2.24) is 24.8 Å². The number of halogens is 1. The number of anilines is 1. The highest BCUT2D eigenvalue weighted by molar-refractivity contribution is 5.92. The Bertz CT molecular complexity index is 1400. The van der Waals surface area contributed by atoms with Crippen molar-refractivity contribution in [2.75, 3.05) is 51.8 Å². The monoisotopic (exact) mass is 534 g/mol. The quantitative estimate of drug-likeness (QED) is 0.421. The van der Waals surface area contributed by atoms with Crippen LogP contribution in [0, 0.1) is 6.92 Å². The lowest BCUT2D eigenvalue weighted by Crippen LogP contribution is -2.54. The smallest absolute Gasteiger partial charge is 0.320 e. The van der Waals surface area contributed by atoms with E-state index in [1.165, 1.54) is 4.90 Å². The van der Waals surface area contributed by atoms with Crippen LogP contribution in [0.5, 0.6) is 11.8 Å². The van der Waals surface area contributed by atoms with Crippen molar-refractivity contribution in [3.8, 4) is 23.0 Å². The first-order chi connectivity index (χ1) is 18.8. The Morgan fingerprint density at radius 1 is 1.15 bits per heavy atom. The summed E-state index contributed by atoms with van der Waals surface area (Å²) in [5.74, 6) is -0.131. The zero-order valence-corrected chi connectivity index (χ0v) is 23.0. The molecular weight excluding hydrogens is 499 g/mol. The van der Waals surface area contributed by atoms with Crippen LogP contribution >= 0.6 is 0 Å². The van der Waals surface area contributed by atoms with E-state index in [2.05, 4.69) is 23.4 Å². The number of likely N-dealkylation sites (tertiary alicyclic amines) is 1. The van der Waals surface area contributed by atoms with Crippen molar-refractivity contribution < 1.29 is 18.7 Å². The largest absolute Gasteiger partial charge is 0.496 e. The highest BCUT2D eigenvalue weighted by atomic mass is 19.1. The van der Waals surface area contributed by atoms with E-state index >= 15 is 0 Å². The SMILES string of the molecule is C=C(F)C(=O)N1CCN(c2nc(OC[C@H]3CCCN3C)nc3nc(-c4cccc(OC)c4C)ccc23)C[C@@H]1C. The molecule has 0 unspecified atom stereocenters. The molecule has 1 amide bonds. The third kappa shape index (κ3) is 5.38. The minimum atomic E-state index is -0.945. The normalized spacial score (nSPS) is 19.9. The molecule has 4 heterocycles. The standard InChI is InChI=1S/C29H35FN6O3/c1-18-16-35(14-15-36(18)28(37)20(3)30)27-23-11-12-24(22-9-6-10-25(38-5)19(22)2)31-26(23)32-29(33-27)39-17-21-8-7-13-34(21)4/h6,9-12,18,21H,3,7-8,13-17H2,1-2,4-5H3/t18-,21+/m0/s1. The first-order valence-electron chi connectivity index (χ1n) is 13.3. The average Bonchev–Trinajstić information content (AvgIpc) is 3.35. The minimum Gasteiger partial charge on any atom is -0.496 e. The van der Waals surface area contributed by atoms with Crippen molar-refractivity contribution in [3.05, 3.63) is 48.3 Å². The van der Waals surface area contributed by atoms with Crippen molar-refractivity contribution >= 4 is 22.8 Å². The fourth-order valence-corrected chi connectivity index (χ4v) is 5.51. The summed E-state index contributed by atoms with van der Waals surface area (Å²) in [5.41, 5.74) is 3.25. The predicted molar refractivity (Wildman–Crippen MR) is 149 cm³/mol. The second-order valence-corrected chi connectivity index (χ2v) is 10.3. The Morgan fingerprint density at radius 3 is 2.67 bits per heavy atom. The molecule has 39 heavy (non-hydrogen) atoms. The number of benzene rings is 1. The highest BCUT2D eigenvalue weighted by Crippen LogP contribution is 2.33. The molecule has 5 rings (SSSR count). The second kappa shape index (κ2) is 11.1. The molecule has 10 heteroatoms. The molecule has 0 aliphatic carbocycles. The third-order valence-electron chi connectivity index (χ3n) is 7.80. The van der Waals surface area contributed by atoms with Gasteiger partial charge in [0.05, 0.1) is 18.2 Å². The number of carbonyl (C=O) groups is 1. The van der Waals surface area contributed by atoms with Gasteiger partial charge in [-0.05, 0) is 58.5 Å². The van der Waals surface area contributed by atoms with Gasteiger partial charge in [-0.25, -0.2) is 9.37 Å². The Kier molecular flexibility index (Phi) is 7.65. The molecule has 0 N–H and O–H groups in total. The zero-order valence-electron chi connectivity index (χ0n) is 23.0. The van der Waals surface area contributed by atoms with Crippen LogP contribution in [0.1, 0.15) is 25.3 Å². The number of ether oxygens (including phenoxy) is 2. The number of likely N-dealkylation sites (N-methyl/N-ethyl adjacent to an activating group) is 1. The number of hydrogen-bond acceptors (Lipinski definition) is 8. The van der Waals surface area contributed by atoms with Crippen LogP contribution in [0.3, 0.4) is 0 Å². The van der Waals surface area contributed by atoms with E-state index in [0.29, 0.717) is 43.7 Å². The van der Waals surface area contributed by atoms with Crippen LogP contribution in [-0.2, 0) is 4.79 Å². The van der Waals surface area contributed by atoms with E-state index in [4.69, 9.17) is 24.4 Å². The van der Waals surface area contributed by atoms with Crippen molar-refractivity contribution in [2.45, 2.75) is 38.8 Å². The minimum absolute atomic E-state index is 0.230. The van der Waals surface area contributed by atoms with Crippen LogP contribution in [0.15, 0.2) is 42.7 Å². The maximum Gasteiger partial charge on any atom is 0.320 e. The predicted octanol–water partition coefficient (Wildman–Crippen LogP) is 4.00. The van der Waals surface area contributed by atoms with Gasteiger partial charge in [0.2, 0.25) is 0 Å². The van der Waals surface area contributed by atoms with Gasteiger partial charge in [-0.1, -0.05) is 18.7 Å². The van der Waals surface area contributed by atoms with Crippen molar-refractivity contribution in [1.29, 1.82) is 0 Å². The molecule has 2 aliphatic rings. The molecule has 2 saturated heterocycles. The van der Waals surface area contributed by atoms with E-state index in [-0.39, 0.29) is 12.1 Å². The summed E-state index contributed by atoms with van der Waals surface area (Å²) in [6, 6.07) is 10.2. The number of nitrogens with zero attached hydrogens (tertiary/aromatic N) is 6. The summed E-state index contributed by atoms with van der Waals surface area (Å²) in [7, 11) is 3.76. The Morgan fingerprint density at radius 2 is 1.97 bits per heavy atom. The number of pyridine rings is 1. The lowest BCUT2D eigenvalue weighted by atomic mass is 10.0. The fourth-order valence-electron chi connectivity index (χ4n) is 5.51. The van der Waals surface area contributed by atoms with E-state index in [1.54, 1.807) is 7.11 Å². The van der Waals surface area contributed by atoms with Gasteiger partial charge in [-0.3, -0.25) is 4.79 Å². The van der Waals surface area contributed by atoms with Gasteiger partial charge in [0.1, 0.15) is 18.2 Å². The number of amides is 1. The molecular formula is C29H35FN6O3. The van der Waals surface area contributed by atoms with Crippen LogP contribution < -0.4 is 14.4 Å². The lowest BCUT2D eigenvalue weighted by molar-refractivity contribution is -0.131. The van der Waals surface area contributed by atoms with Crippen LogP contribution in [0.2, 0.25) is 0 Å². The average molecular weight is 535 g/mol. The highest BCUT2D eigenvalue weighted by Gasteiger charge is 2.31. The molecule has 2 aliphatic heterocycles. The van der Waals surface area contributed by atoms with Gasteiger partial charge in [-0.2, -0.15) is 9.97 Å². The van der Waals surface area contributed by atoms with Crippen LogP contribution in [0.25, 0.3) is 22.3 Å². The first-order valence-corrected chi connectivity index (χ1v) is 13.3. The maximum absolute atomic E-state index is 13.6. The number of methoxy groups -OCH3 is 1. The maximum atomic E-state index is 13.6. The van der Waals surface area contributed by atoms with Gasteiger partial charge in [0, 0.05) is 42.8 Å². The van der Waals surface area contributed by atoms with Crippen LogP contribution in [-0.4, -0.2) is 89.7 Å². The van der Waals surface area contributed by atoms with Gasteiger partial charge >= 0.3 is 6.01 Å². The Balaban J connectivity index is 1.52. The van der Waals surface area contributed by atoms with E-state index in [0.717, 1.165) is 47.3 Å². The molecule has 206 valence electrons. The molecule has 1 aromatic carbocycles. The third-order valence-corrected chi connectivity index (χ3v) is 7.80. The Hall–Kier alpha value is -3.79. The number of fused-ring (bicyclic) bond motifs is 1. The lowest BCUT2D eigenvalue weighted by Gasteiger charge is -2.40. The summed E-state index contributed by atoms with van der Waals surface area (Å²) in [6.45, 7) is 9.93. The topological polar surface area (TPSA) is 83.9 Å². The van der Waals surface area contributed by atoms with Gasteiger partial charge in [0.15, 0.2) is 11.5 Å². The summed E-state index contributed by atoms with van der Waals surface area (Å²) in [4.78, 5) is 32.6. The summed E-state index contributed by atoms with van der Waals surface area (Å²) >= 11 is 0. The van der Waals surface area contributed by atoms with Gasteiger partial charge < -0.3 is 24.2 Å². The van der Waals surface area contributed by atoms with Gasteiger partial charge in [0.25, 0.3) is 5.91 Å². The number of piperazine rings is 1. The summed E-state index contributed by atoms with van der Waals surface area (Å²) < 4.78 is 25.2. The molecule has 0 bridgehead atoms. The summed E-state index contributed by atoms with van der Waals surface area (Å²) in [5, 5.41) is 0.784. The first kappa shape index (κ1) is 26.8. The molecule has 2 atom stereocenters. The van der Waals surface area contributed by atoms with Crippen molar-refractivity contribution in [3.63, 3.8) is 0 Å². The van der Waals surface area contributed by atoms with E-state index in [9.17, 15) is 9.18 Å².